The molecule has 1 heterocycles. The normalized spacial score (nSPS) is 24.9. The Morgan fingerprint density at radius 3 is 2.70 bits per heavy atom. The van der Waals surface area contributed by atoms with Crippen LogP contribution in [0, 0.1) is 11.3 Å². The number of nitrogens with one attached hydrogen (secondary N) is 1. The number of rotatable bonds is 4. The van der Waals surface area contributed by atoms with Crippen molar-refractivity contribution in [3.05, 3.63) is 53.9 Å². The number of aromatic nitrogens is 2. The van der Waals surface area contributed by atoms with Gasteiger partial charge >= 0.3 is 0 Å². The molecule has 1 saturated carbocycles. The molecule has 0 radical (unpaired) electrons. The highest BCUT2D eigenvalue weighted by Crippen LogP contribution is 2.43. The van der Waals surface area contributed by atoms with Gasteiger partial charge < -0.3 is 5.32 Å². The van der Waals surface area contributed by atoms with Gasteiger partial charge in [-0.1, -0.05) is 30.3 Å². The molecule has 4 heteroatoms. The highest BCUT2D eigenvalue weighted by molar-refractivity contribution is 5.36. The Kier molecular flexibility index (Phi) is 3.29. The van der Waals surface area contributed by atoms with Crippen molar-refractivity contribution in [2.75, 3.05) is 0 Å². The Morgan fingerprint density at radius 2 is 2.10 bits per heavy atom. The molecule has 1 aromatic carbocycles. The molecule has 1 N–H and O–H groups in total. The summed E-state index contributed by atoms with van der Waals surface area (Å²) >= 11 is 0. The summed E-state index contributed by atoms with van der Waals surface area (Å²) in [4.78, 5) is 0. The lowest BCUT2D eigenvalue weighted by Gasteiger charge is -2.43. The van der Waals surface area contributed by atoms with Crippen LogP contribution in [0.4, 0.5) is 0 Å². The van der Waals surface area contributed by atoms with Crippen LogP contribution in [0.3, 0.4) is 0 Å². The van der Waals surface area contributed by atoms with Gasteiger partial charge in [-0.05, 0) is 24.5 Å². The van der Waals surface area contributed by atoms with Crippen LogP contribution in [0.25, 0.3) is 0 Å². The van der Waals surface area contributed by atoms with Crippen molar-refractivity contribution >= 4 is 0 Å². The fraction of sp³-hybridized carbons (Fsp3) is 0.375. The second kappa shape index (κ2) is 5.10. The molecule has 1 aliphatic rings. The van der Waals surface area contributed by atoms with E-state index in [1.807, 2.05) is 37.5 Å². The van der Waals surface area contributed by atoms with Crippen molar-refractivity contribution < 1.29 is 0 Å². The van der Waals surface area contributed by atoms with Crippen molar-refractivity contribution in [2.24, 2.45) is 7.05 Å². The lowest BCUT2D eigenvalue weighted by Crippen LogP contribution is -2.50. The van der Waals surface area contributed by atoms with E-state index in [1.165, 1.54) is 0 Å². The monoisotopic (exact) mass is 266 g/mol. The first-order chi connectivity index (χ1) is 9.72. The van der Waals surface area contributed by atoms with E-state index in [-0.39, 0.29) is 5.41 Å². The van der Waals surface area contributed by atoms with Gasteiger partial charge in [-0.3, -0.25) is 4.68 Å². The second-order valence-corrected chi connectivity index (χ2v) is 5.53. The maximum atomic E-state index is 9.50. The molecule has 0 spiro atoms. The van der Waals surface area contributed by atoms with E-state index in [1.54, 1.807) is 4.68 Å². The molecule has 0 unspecified atom stereocenters. The first kappa shape index (κ1) is 12.9. The number of nitriles is 1. The van der Waals surface area contributed by atoms with Crippen LogP contribution in [-0.4, -0.2) is 15.8 Å². The third-order valence-electron chi connectivity index (χ3n) is 4.07. The van der Waals surface area contributed by atoms with Gasteiger partial charge in [0.1, 0.15) is 0 Å². The smallest absolute Gasteiger partial charge is 0.0852 e. The van der Waals surface area contributed by atoms with Crippen LogP contribution in [0.15, 0.2) is 42.6 Å². The molecule has 1 fully saturated rings. The number of nitrogens with zero attached hydrogens (tertiary/aromatic N) is 3. The molecule has 102 valence electrons. The van der Waals surface area contributed by atoms with Crippen molar-refractivity contribution in [1.29, 1.82) is 5.26 Å². The second-order valence-electron chi connectivity index (χ2n) is 5.53. The standard InChI is InChI=1S/C16H18N4/c1-20-8-7-14(19-20)11-18-15-9-16(10-15,12-17)13-5-3-2-4-6-13/h2-8,15,18H,9-11H2,1H3. The zero-order valence-corrected chi connectivity index (χ0v) is 11.6. The van der Waals surface area contributed by atoms with Crippen molar-refractivity contribution in [1.82, 2.24) is 15.1 Å². The number of benzene rings is 1. The average Bonchev–Trinajstić information content (AvgIpc) is 2.85. The van der Waals surface area contributed by atoms with Gasteiger partial charge in [0.15, 0.2) is 0 Å². The van der Waals surface area contributed by atoms with Crippen LogP contribution in [-0.2, 0) is 19.0 Å². The zero-order chi connectivity index (χ0) is 14.0. The summed E-state index contributed by atoms with van der Waals surface area (Å²) in [6.07, 6.45) is 3.70. The molecule has 0 aliphatic heterocycles. The summed E-state index contributed by atoms with van der Waals surface area (Å²) in [6, 6.07) is 15.0. The average molecular weight is 266 g/mol. The molecule has 0 amide bonds. The van der Waals surface area contributed by atoms with Crippen LogP contribution >= 0.6 is 0 Å². The van der Waals surface area contributed by atoms with Crippen molar-refractivity contribution in [3.8, 4) is 6.07 Å². The summed E-state index contributed by atoms with van der Waals surface area (Å²) in [7, 11) is 1.92. The predicted octanol–water partition coefficient (Wildman–Crippen LogP) is 2.13. The molecule has 3 rings (SSSR count). The number of aryl methyl sites for hydroxylation is 1. The summed E-state index contributed by atoms with van der Waals surface area (Å²) in [5.74, 6) is 0. The first-order valence-corrected chi connectivity index (χ1v) is 6.90. The lowest BCUT2D eigenvalue weighted by atomic mass is 9.62. The zero-order valence-electron chi connectivity index (χ0n) is 11.6. The van der Waals surface area contributed by atoms with Crippen LogP contribution in [0.5, 0.6) is 0 Å². The Bertz CT molecular complexity index is 617. The molecule has 1 aromatic heterocycles. The molecule has 0 atom stereocenters. The van der Waals surface area contributed by atoms with Gasteiger partial charge in [-0.15, -0.1) is 0 Å². The molecular weight excluding hydrogens is 248 g/mol. The summed E-state index contributed by atoms with van der Waals surface area (Å²) < 4.78 is 1.81. The highest BCUT2D eigenvalue weighted by atomic mass is 15.3. The summed E-state index contributed by atoms with van der Waals surface area (Å²) in [6.45, 7) is 0.766. The Labute approximate surface area is 119 Å². The van der Waals surface area contributed by atoms with E-state index in [9.17, 15) is 5.26 Å². The van der Waals surface area contributed by atoms with Gasteiger partial charge in [0, 0.05) is 25.8 Å². The molecule has 0 saturated heterocycles. The van der Waals surface area contributed by atoms with Crippen molar-refractivity contribution in [3.63, 3.8) is 0 Å². The fourth-order valence-electron chi connectivity index (χ4n) is 2.88. The minimum absolute atomic E-state index is 0.303. The van der Waals surface area contributed by atoms with Gasteiger partial charge in [-0.25, -0.2) is 0 Å². The van der Waals surface area contributed by atoms with Gasteiger partial charge in [0.2, 0.25) is 0 Å². The van der Waals surface area contributed by atoms with E-state index < -0.39 is 0 Å². The molecule has 1 aliphatic carbocycles. The number of hydrogen-bond acceptors (Lipinski definition) is 3. The minimum Gasteiger partial charge on any atom is -0.308 e. The lowest BCUT2D eigenvalue weighted by molar-refractivity contribution is 0.225. The summed E-state index contributed by atoms with van der Waals surface area (Å²) in [5, 5.41) is 17.3. The number of hydrogen-bond donors (Lipinski definition) is 1. The van der Waals surface area contributed by atoms with Crippen LogP contribution in [0.1, 0.15) is 24.1 Å². The molecule has 2 aromatic rings. The third kappa shape index (κ3) is 2.33. The first-order valence-electron chi connectivity index (χ1n) is 6.90. The molecule has 20 heavy (non-hydrogen) atoms. The predicted molar refractivity (Wildman–Crippen MR) is 76.8 cm³/mol. The van der Waals surface area contributed by atoms with Crippen LogP contribution in [0.2, 0.25) is 0 Å². The van der Waals surface area contributed by atoms with E-state index in [0.29, 0.717) is 6.04 Å². The third-order valence-corrected chi connectivity index (χ3v) is 4.07. The largest absolute Gasteiger partial charge is 0.308 e. The Balaban J connectivity index is 1.58. The maximum absolute atomic E-state index is 9.50. The Hall–Kier alpha value is -2.12. The maximum Gasteiger partial charge on any atom is 0.0852 e. The fourth-order valence-corrected chi connectivity index (χ4v) is 2.88. The molecular formula is C16H18N4. The van der Waals surface area contributed by atoms with Crippen LogP contribution < -0.4 is 5.32 Å². The minimum atomic E-state index is -0.303. The van der Waals surface area contributed by atoms with E-state index in [4.69, 9.17) is 0 Å². The topological polar surface area (TPSA) is 53.6 Å². The quantitative estimate of drug-likeness (QED) is 0.922. The van der Waals surface area contributed by atoms with Gasteiger partial charge in [0.25, 0.3) is 0 Å². The van der Waals surface area contributed by atoms with E-state index in [0.717, 1.165) is 30.6 Å². The van der Waals surface area contributed by atoms with Gasteiger partial charge in [-0.2, -0.15) is 10.4 Å². The Morgan fingerprint density at radius 1 is 1.35 bits per heavy atom. The summed E-state index contributed by atoms with van der Waals surface area (Å²) in [5.41, 5.74) is 1.88. The van der Waals surface area contributed by atoms with E-state index >= 15 is 0 Å². The van der Waals surface area contributed by atoms with E-state index in [2.05, 4.69) is 28.6 Å². The van der Waals surface area contributed by atoms with Crippen molar-refractivity contribution in [2.45, 2.75) is 30.8 Å². The SMILES string of the molecule is Cn1ccc(CNC2CC(C#N)(c3ccccc3)C2)n1. The molecule has 0 bridgehead atoms. The molecule has 4 nitrogen and oxygen atoms in total. The van der Waals surface area contributed by atoms with Gasteiger partial charge in [0.05, 0.1) is 17.2 Å². The highest BCUT2D eigenvalue weighted by Gasteiger charge is 2.45.